The van der Waals surface area contributed by atoms with Gasteiger partial charge in [-0.25, -0.2) is 0 Å². The first-order valence-electron chi connectivity index (χ1n) is 6.44. The van der Waals surface area contributed by atoms with Crippen LogP contribution in [0.1, 0.15) is 17.2 Å². The molecule has 1 atom stereocenters. The summed E-state index contributed by atoms with van der Waals surface area (Å²) in [6.07, 6.45) is 0.646. The van der Waals surface area contributed by atoms with Crippen LogP contribution in [0.4, 0.5) is 0 Å². The van der Waals surface area contributed by atoms with Gasteiger partial charge in [-0.15, -0.1) is 0 Å². The molecule has 0 bridgehead atoms. The number of rotatable bonds is 3. The second-order valence-corrected chi connectivity index (χ2v) is 5.94. The van der Waals surface area contributed by atoms with E-state index in [4.69, 9.17) is 9.39 Å². The van der Waals surface area contributed by atoms with Gasteiger partial charge in [0.25, 0.3) is 0 Å². The van der Waals surface area contributed by atoms with E-state index >= 15 is 0 Å². The molecule has 1 N–H and O–H groups in total. The summed E-state index contributed by atoms with van der Waals surface area (Å²) in [7, 11) is 0.754. The minimum absolute atomic E-state index is 0.111. The highest BCUT2D eigenvalue weighted by Gasteiger charge is 2.37. The highest BCUT2D eigenvalue weighted by molar-refractivity contribution is 14.1. The molecule has 0 saturated heterocycles. The van der Waals surface area contributed by atoms with Crippen molar-refractivity contribution in [2.45, 2.75) is 12.5 Å². The Morgan fingerprint density at radius 1 is 1.30 bits per heavy atom. The Kier molecular flexibility index (Phi) is 4.00. The Balaban J connectivity index is 1.95. The maximum Gasteiger partial charge on any atom is 0.492 e. The fourth-order valence-corrected chi connectivity index (χ4v) is 3.52. The van der Waals surface area contributed by atoms with Crippen LogP contribution in [0.2, 0.25) is 0 Å². The average molecular weight is 380 g/mol. The van der Waals surface area contributed by atoms with Crippen LogP contribution < -0.4 is 10.2 Å². The van der Waals surface area contributed by atoms with Crippen LogP contribution >= 0.6 is 22.6 Å². The van der Waals surface area contributed by atoms with E-state index in [1.807, 2.05) is 30.3 Å². The first-order chi connectivity index (χ1) is 9.69. The number of hydrogen-bond donors (Lipinski definition) is 1. The maximum absolute atomic E-state index is 10.1. The van der Waals surface area contributed by atoms with Crippen molar-refractivity contribution in [3.63, 3.8) is 0 Å². The van der Waals surface area contributed by atoms with Crippen molar-refractivity contribution in [1.29, 1.82) is 0 Å². The lowest BCUT2D eigenvalue weighted by molar-refractivity contribution is 0.190. The van der Waals surface area contributed by atoms with Gasteiger partial charge in [0.1, 0.15) is 5.75 Å². The molecule has 2 aromatic rings. The van der Waals surface area contributed by atoms with Gasteiger partial charge in [-0.05, 0) is 51.3 Å². The third-order valence-electron chi connectivity index (χ3n) is 3.52. The monoisotopic (exact) mass is 380 g/mol. The van der Waals surface area contributed by atoms with Gasteiger partial charge in [-0.3, -0.25) is 0 Å². The molecule has 0 radical (unpaired) electrons. The summed E-state index contributed by atoms with van der Waals surface area (Å²) in [5, 5.41) is 10.1. The van der Waals surface area contributed by atoms with E-state index in [9.17, 15) is 5.02 Å². The molecule has 0 spiro atoms. The summed E-state index contributed by atoms with van der Waals surface area (Å²) in [5.74, 6) is 0.746. The number of ether oxygens (including phenoxy) is 1. The van der Waals surface area contributed by atoms with Gasteiger partial charge >= 0.3 is 7.12 Å². The minimum atomic E-state index is -0.873. The van der Waals surface area contributed by atoms with Gasteiger partial charge in [-0.1, -0.05) is 30.3 Å². The smallest absolute Gasteiger partial charge is 0.492 e. The molecule has 20 heavy (non-hydrogen) atoms. The van der Waals surface area contributed by atoms with Crippen molar-refractivity contribution in [2.75, 3.05) is 7.11 Å². The molecule has 1 aliphatic rings. The van der Waals surface area contributed by atoms with Crippen LogP contribution in [0.15, 0.2) is 42.5 Å². The first kappa shape index (κ1) is 13.9. The molecular formula is C15H14BIO3. The molecule has 1 aliphatic heterocycles. The van der Waals surface area contributed by atoms with Crippen LogP contribution in [0.3, 0.4) is 0 Å². The van der Waals surface area contributed by atoms with E-state index in [1.54, 1.807) is 7.11 Å². The third kappa shape index (κ3) is 2.57. The number of halogens is 1. The molecule has 0 fully saturated rings. The minimum Gasteiger partial charge on any atom is -0.497 e. The van der Waals surface area contributed by atoms with E-state index in [1.165, 1.54) is 5.56 Å². The van der Waals surface area contributed by atoms with Gasteiger partial charge in [-0.2, -0.15) is 0 Å². The molecule has 0 saturated carbocycles. The standard InChI is InChI=1S/C15H14BIO3/c1-19-11-8-12-15(13(17)9-11)14(20-16(12)18)7-10-5-3-2-4-6-10/h2-6,8-9,14,18H,7H2,1H3. The van der Waals surface area contributed by atoms with Crippen molar-refractivity contribution >= 4 is 35.2 Å². The van der Waals surface area contributed by atoms with Crippen LogP contribution in [0.25, 0.3) is 0 Å². The summed E-state index contributed by atoms with van der Waals surface area (Å²) in [4.78, 5) is 0. The van der Waals surface area contributed by atoms with Crippen LogP contribution in [-0.2, 0) is 11.1 Å². The van der Waals surface area contributed by atoms with Gasteiger partial charge < -0.3 is 14.4 Å². The van der Waals surface area contributed by atoms with Crippen LogP contribution in [0, 0.1) is 3.57 Å². The van der Waals surface area contributed by atoms with E-state index in [2.05, 4.69) is 34.7 Å². The molecular weight excluding hydrogens is 366 g/mol. The van der Waals surface area contributed by atoms with Crippen molar-refractivity contribution in [3.8, 4) is 5.75 Å². The Hall–Kier alpha value is -1.05. The second-order valence-electron chi connectivity index (χ2n) is 4.78. The molecule has 5 heteroatoms. The largest absolute Gasteiger partial charge is 0.497 e. The Bertz CT molecular complexity index is 618. The first-order valence-corrected chi connectivity index (χ1v) is 7.51. The number of hydrogen-bond acceptors (Lipinski definition) is 3. The summed E-state index contributed by atoms with van der Waals surface area (Å²) in [6.45, 7) is 0. The number of fused-ring (bicyclic) bond motifs is 1. The fraction of sp³-hybridized carbons (Fsp3) is 0.200. The summed E-state index contributed by atoms with van der Waals surface area (Å²) in [5.41, 5.74) is 3.08. The van der Waals surface area contributed by atoms with E-state index in [0.29, 0.717) is 0 Å². The van der Waals surface area contributed by atoms with Gasteiger partial charge in [0.05, 0.1) is 13.2 Å². The third-order valence-corrected chi connectivity index (χ3v) is 4.41. The highest BCUT2D eigenvalue weighted by Crippen LogP contribution is 2.32. The number of benzene rings is 2. The Labute approximate surface area is 132 Å². The maximum atomic E-state index is 10.1. The van der Waals surface area contributed by atoms with Crippen LogP contribution in [-0.4, -0.2) is 19.3 Å². The highest BCUT2D eigenvalue weighted by atomic mass is 127. The van der Waals surface area contributed by atoms with Gasteiger partial charge in [0, 0.05) is 9.99 Å². The van der Waals surface area contributed by atoms with Crippen molar-refractivity contribution in [3.05, 3.63) is 57.2 Å². The molecule has 102 valence electrons. The molecule has 0 amide bonds. The lowest BCUT2D eigenvalue weighted by Gasteiger charge is -2.14. The lowest BCUT2D eigenvalue weighted by Crippen LogP contribution is -2.28. The Morgan fingerprint density at radius 3 is 2.75 bits per heavy atom. The van der Waals surface area contributed by atoms with E-state index < -0.39 is 7.12 Å². The van der Waals surface area contributed by atoms with Gasteiger partial charge in [0.15, 0.2) is 0 Å². The molecule has 3 rings (SSSR count). The fourth-order valence-electron chi connectivity index (χ4n) is 2.55. The summed E-state index contributed by atoms with van der Waals surface area (Å²) in [6, 6.07) is 14.0. The van der Waals surface area contributed by atoms with Crippen molar-refractivity contribution < 1.29 is 14.4 Å². The predicted molar refractivity (Wildman–Crippen MR) is 87.3 cm³/mol. The lowest BCUT2D eigenvalue weighted by atomic mass is 9.79. The molecule has 1 unspecified atom stereocenters. The predicted octanol–water partition coefficient (Wildman–Crippen LogP) is 2.30. The zero-order chi connectivity index (χ0) is 14.1. The van der Waals surface area contributed by atoms with Crippen LogP contribution in [0.5, 0.6) is 5.75 Å². The van der Waals surface area contributed by atoms with Crippen molar-refractivity contribution in [1.82, 2.24) is 0 Å². The second kappa shape index (κ2) is 5.75. The molecule has 0 aliphatic carbocycles. The quantitative estimate of drug-likeness (QED) is 0.657. The molecule has 0 aromatic heterocycles. The Morgan fingerprint density at radius 2 is 2.05 bits per heavy atom. The average Bonchev–Trinajstić information content (AvgIpc) is 2.77. The molecule has 3 nitrogen and oxygen atoms in total. The zero-order valence-electron chi connectivity index (χ0n) is 11.0. The SMILES string of the molecule is COc1cc(I)c2c(c1)B(O)OC2Cc1ccccc1. The van der Waals surface area contributed by atoms with E-state index in [-0.39, 0.29) is 6.10 Å². The summed E-state index contributed by atoms with van der Waals surface area (Å²) < 4.78 is 12.0. The van der Waals surface area contributed by atoms with E-state index in [0.717, 1.165) is 26.8 Å². The summed E-state index contributed by atoms with van der Waals surface area (Å²) >= 11 is 2.27. The molecule has 1 heterocycles. The van der Waals surface area contributed by atoms with Gasteiger partial charge in [0.2, 0.25) is 0 Å². The topological polar surface area (TPSA) is 38.7 Å². The zero-order valence-corrected chi connectivity index (χ0v) is 13.2. The normalized spacial score (nSPS) is 17.1. The molecule has 2 aromatic carbocycles. The number of methoxy groups -OCH3 is 1. The van der Waals surface area contributed by atoms with Crippen molar-refractivity contribution in [2.24, 2.45) is 0 Å².